The molecule has 1 aromatic carbocycles. The Labute approximate surface area is 160 Å². The fraction of sp³-hybridized carbons (Fsp3) is 0.500. The van der Waals surface area contributed by atoms with Gasteiger partial charge in [0.1, 0.15) is 12.1 Å². The van der Waals surface area contributed by atoms with Crippen molar-refractivity contribution < 1.29 is 19.1 Å². The molecule has 0 aliphatic carbocycles. The lowest BCUT2D eigenvalue weighted by atomic mass is 9.92. The first-order valence-corrected chi connectivity index (χ1v) is 9.33. The molecule has 0 bridgehead atoms. The van der Waals surface area contributed by atoms with E-state index in [4.69, 9.17) is 4.74 Å². The van der Waals surface area contributed by atoms with Crippen LogP contribution < -0.4 is 5.32 Å². The Kier molecular flexibility index (Phi) is 5.07. The molecule has 1 N–H and O–H groups in total. The topological polar surface area (TPSA) is 79.0 Å². The predicted molar refractivity (Wildman–Crippen MR) is 98.3 cm³/mol. The van der Waals surface area contributed by atoms with E-state index in [0.717, 1.165) is 9.37 Å². The van der Waals surface area contributed by atoms with Gasteiger partial charge in [-0.1, -0.05) is 28.1 Å². The molecule has 7 nitrogen and oxygen atoms in total. The number of hydrogen-bond acceptors (Lipinski definition) is 4. The lowest BCUT2D eigenvalue weighted by molar-refractivity contribution is -0.146. The number of carbonyl (C=O) groups excluding carboxylic acids is 3. The summed E-state index contributed by atoms with van der Waals surface area (Å²) < 4.78 is 6.43. The Bertz CT molecular complexity index is 746. The van der Waals surface area contributed by atoms with E-state index in [1.165, 1.54) is 0 Å². The smallest absolute Gasteiger partial charge is 0.325 e. The van der Waals surface area contributed by atoms with E-state index in [9.17, 15) is 14.4 Å². The second-order valence-electron chi connectivity index (χ2n) is 7.01. The van der Waals surface area contributed by atoms with Crippen LogP contribution in [0.15, 0.2) is 28.7 Å². The Balaban J connectivity index is 1.76. The Morgan fingerprint density at radius 2 is 1.96 bits per heavy atom. The van der Waals surface area contributed by atoms with Crippen LogP contribution in [0.4, 0.5) is 4.79 Å². The van der Waals surface area contributed by atoms with Crippen LogP contribution in [0.1, 0.15) is 26.3 Å². The van der Waals surface area contributed by atoms with E-state index in [2.05, 4.69) is 21.2 Å². The number of imide groups is 1. The van der Waals surface area contributed by atoms with Crippen LogP contribution in [0.3, 0.4) is 0 Å². The minimum atomic E-state index is -1.19. The average molecular weight is 424 g/mol. The molecule has 4 amide bonds. The zero-order valence-corrected chi connectivity index (χ0v) is 16.6. The molecule has 2 aliphatic heterocycles. The number of morpholine rings is 1. The van der Waals surface area contributed by atoms with E-state index in [1.54, 1.807) is 30.0 Å². The van der Waals surface area contributed by atoms with Crippen molar-refractivity contribution in [2.45, 2.75) is 38.5 Å². The van der Waals surface area contributed by atoms with Gasteiger partial charge in [-0.05, 0) is 38.5 Å². The summed E-state index contributed by atoms with van der Waals surface area (Å²) >= 11 is 3.38. The van der Waals surface area contributed by atoms with Crippen LogP contribution in [0.2, 0.25) is 0 Å². The molecule has 2 heterocycles. The standard InChI is InChI=1S/C18H22BrN3O4/c1-11-8-21(9-12(2)26-11)15(23)10-22-16(24)18(3,20-17(22)25)13-5-4-6-14(19)7-13/h4-7,11-12H,8-10H2,1-3H3,(H,20,25)/t11-,12-,18+/m1/s1. The monoisotopic (exact) mass is 423 g/mol. The van der Waals surface area contributed by atoms with Gasteiger partial charge in [0.05, 0.1) is 12.2 Å². The van der Waals surface area contributed by atoms with Crippen molar-refractivity contribution in [3.8, 4) is 0 Å². The molecule has 140 valence electrons. The second-order valence-corrected chi connectivity index (χ2v) is 7.93. The maximum absolute atomic E-state index is 12.9. The molecule has 0 radical (unpaired) electrons. The third-order valence-corrected chi connectivity index (χ3v) is 5.24. The summed E-state index contributed by atoms with van der Waals surface area (Å²) in [5.41, 5.74) is -0.527. The van der Waals surface area contributed by atoms with E-state index in [1.807, 2.05) is 19.9 Å². The van der Waals surface area contributed by atoms with Crippen molar-refractivity contribution in [2.75, 3.05) is 19.6 Å². The quantitative estimate of drug-likeness (QED) is 0.752. The predicted octanol–water partition coefficient (Wildman–Crippen LogP) is 1.85. The summed E-state index contributed by atoms with van der Waals surface area (Å²) in [5, 5.41) is 2.72. The molecule has 2 fully saturated rings. The van der Waals surface area contributed by atoms with Crippen LogP contribution in [-0.4, -0.2) is 59.5 Å². The summed E-state index contributed by atoms with van der Waals surface area (Å²) in [6.45, 7) is 6.08. The van der Waals surface area contributed by atoms with E-state index < -0.39 is 17.5 Å². The summed E-state index contributed by atoms with van der Waals surface area (Å²) in [5.74, 6) is -0.683. The Morgan fingerprint density at radius 3 is 2.58 bits per heavy atom. The highest BCUT2D eigenvalue weighted by molar-refractivity contribution is 9.10. The molecule has 26 heavy (non-hydrogen) atoms. The average Bonchev–Trinajstić information content (AvgIpc) is 2.78. The van der Waals surface area contributed by atoms with Crippen LogP contribution in [-0.2, 0) is 19.9 Å². The van der Waals surface area contributed by atoms with E-state index in [-0.39, 0.29) is 24.7 Å². The molecule has 0 spiro atoms. The number of urea groups is 1. The SMILES string of the molecule is C[C@@H]1CN(C(=O)CN2C(=O)N[C@@](C)(c3cccc(Br)c3)C2=O)C[C@@H](C)O1. The first-order valence-electron chi connectivity index (χ1n) is 8.54. The van der Waals surface area contributed by atoms with Gasteiger partial charge in [-0.2, -0.15) is 0 Å². The van der Waals surface area contributed by atoms with Crippen LogP contribution in [0, 0.1) is 0 Å². The van der Waals surface area contributed by atoms with Crippen molar-refractivity contribution in [1.29, 1.82) is 0 Å². The number of halogens is 1. The molecule has 0 saturated carbocycles. The summed E-state index contributed by atoms with van der Waals surface area (Å²) in [6, 6.07) is 6.65. The maximum Gasteiger partial charge on any atom is 0.325 e. The molecule has 1 aromatic rings. The number of nitrogens with zero attached hydrogens (tertiary/aromatic N) is 2. The van der Waals surface area contributed by atoms with Crippen LogP contribution >= 0.6 is 15.9 Å². The van der Waals surface area contributed by atoms with Crippen molar-refractivity contribution in [2.24, 2.45) is 0 Å². The van der Waals surface area contributed by atoms with Gasteiger partial charge < -0.3 is 15.0 Å². The third-order valence-electron chi connectivity index (χ3n) is 4.74. The van der Waals surface area contributed by atoms with Gasteiger partial charge in [0.2, 0.25) is 5.91 Å². The minimum absolute atomic E-state index is 0.0715. The maximum atomic E-state index is 12.9. The fourth-order valence-electron chi connectivity index (χ4n) is 3.45. The molecule has 0 unspecified atom stereocenters. The highest BCUT2D eigenvalue weighted by Gasteiger charge is 2.49. The number of hydrogen-bond donors (Lipinski definition) is 1. The fourth-order valence-corrected chi connectivity index (χ4v) is 3.85. The van der Waals surface area contributed by atoms with Crippen LogP contribution in [0.25, 0.3) is 0 Å². The van der Waals surface area contributed by atoms with E-state index in [0.29, 0.717) is 18.7 Å². The van der Waals surface area contributed by atoms with Crippen molar-refractivity contribution >= 4 is 33.8 Å². The highest BCUT2D eigenvalue weighted by Crippen LogP contribution is 2.30. The molecule has 2 saturated heterocycles. The normalized spacial score (nSPS) is 29.1. The Morgan fingerprint density at radius 1 is 1.31 bits per heavy atom. The molecule has 0 aromatic heterocycles. The summed E-state index contributed by atoms with van der Waals surface area (Å²) in [6.07, 6.45) is -0.143. The lowest BCUT2D eigenvalue weighted by Gasteiger charge is -2.35. The van der Waals surface area contributed by atoms with Gasteiger partial charge in [0, 0.05) is 17.6 Å². The molecule has 2 aliphatic rings. The van der Waals surface area contributed by atoms with Crippen LogP contribution in [0.5, 0.6) is 0 Å². The molecule has 3 rings (SSSR count). The van der Waals surface area contributed by atoms with Crippen molar-refractivity contribution in [1.82, 2.24) is 15.1 Å². The number of carbonyl (C=O) groups is 3. The largest absolute Gasteiger partial charge is 0.372 e. The van der Waals surface area contributed by atoms with Gasteiger partial charge in [-0.25, -0.2) is 4.79 Å². The van der Waals surface area contributed by atoms with Crippen molar-refractivity contribution in [3.05, 3.63) is 34.3 Å². The number of rotatable bonds is 3. The minimum Gasteiger partial charge on any atom is -0.372 e. The van der Waals surface area contributed by atoms with Gasteiger partial charge in [-0.15, -0.1) is 0 Å². The number of nitrogens with one attached hydrogen (secondary N) is 1. The molecular formula is C18H22BrN3O4. The molecule has 8 heteroatoms. The Hall–Kier alpha value is -1.93. The number of benzene rings is 1. The van der Waals surface area contributed by atoms with Gasteiger partial charge in [0.15, 0.2) is 0 Å². The lowest BCUT2D eigenvalue weighted by Crippen LogP contribution is -2.52. The van der Waals surface area contributed by atoms with E-state index >= 15 is 0 Å². The third kappa shape index (κ3) is 3.48. The first-order chi connectivity index (χ1) is 12.2. The number of ether oxygens (including phenoxy) is 1. The zero-order valence-electron chi connectivity index (χ0n) is 15.0. The van der Waals surface area contributed by atoms with Crippen molar-refractivity contribution in [3.63, 3.8) is 0 Å². The first kappa shape index (κ1) is 18.8. The highest BCUT2D eigenvalue weighted by atomic mass is 79.9. The van der Waals surface area contributed by atoms with Gasteiger partial charge in [0.25, 0.3) is 5.91 Å². The van der Waals surface area contributed by atoms with Gasteiger partial charge >= 0.3 is 6.03 Å². The van der Waals surface area contributed by atoms with Gasteiger partial charge in [-0.3, -0.25) is 14.5 Å². The molecular weight excluding hydrogens is 402 g/mol. The summed E-state index contributed by atoms with van der Waals surface area (Å²) in [7, 11) is 0. The number of amides is 4. The summed E-state index contributed by atoms with van der Waals surface area (Å²) in [4.78, 5) is 40.6. The molecule has 3 atom stereocenters. The zero-order chi connectivity index (χ0) is 19.1. The second kappa shape index (κ2) is 7.00.